The Kier molecular flexibility index (Phi) is 4.40. The van der Waals surface area contributed by atoms with Crippen molar-refractivity contribution in [3.63, 3.8) is 0 Å². The van der Waals surface area contributed by atoms with E-state index in [1.54, 1.807) is 0 Å². The second kappa shape index (κ2) is 6.84. The molecule has 1 aliphatic rings. The minimum Gasteiger partial charge on any atom is -0.357 e. The van der Waals surface area contributed by atoms with Crippen molar-refractivity contribution in [2.75, 3.05) is 18.0 Å². The highest BCUT2D eigenvalue weighted by Crippen LogP contribution is 2.31. The minimum atomic E-state index is 0.283. The van der Waals surface area contributed by atoms with Crippen molar-refractivity contribution < 1.29 is 4.52 Å². The number of pyridine rings is 1. The highest BCUT2D eigenvalue weighted by molar-refractivity contribution is 6.33. The predicted octanol–water partition coefficient (Wildman–Crippen LogP) is 4.48. The number of benzene rings is 1. The SMILES string of the molecule is Cc1ccc(N2CCC(c3nc(-c4ccccc4Cl)no3)CC2)nc1. The van der Waals surface area contributed by atoms with Crippen molar-refractivity contribution in [1.29, 1.82) is 0 Å². The van der Waals surface area contributed by atoms with E-state index in [1.165, 1.54) is 5.56 Å². The molecule has 0 aliphatic carbocycles. The highest BCUT2D eigenvalue weighted by Gasteiger charge is 2.26. The topological polar surface area (TPSA) is 55.1 Å². The third kappa shape index (κ3) is 3.37. The molecule has 0 bridgehead atoms. The van der Waals surface area contributed by atoms with Gasteiger partial charge in [0.05, 0.1) is 5.02 Å². The molecule has 0 spiro atoms. The Morgan fingerprint density at radius 1 is 1.12 bits per heavy atom. The highest BCUT2D eigenvalue weighted by atomic mass is 35.5. The molecule has 0 N–H and O–H groups in total. The Hall–Kier alpha value is -2.40. The van der Waals surface area contributed by atoms with E-state index in [0.29, 0.717) is 16.7 Å². The molecule has 3 heterocycles. The second-order valence-corrected chi connectivity index (χ2v) is 6.80. The summed E-state index contributed by atoms with van der Waals surface area (Å²) in [7, 11) is 0. The number of hydrogen-bond acceptors (Lipinski definition) is 5. The first-order valence-corrected chi connectivity index (χ1v) is 8.84. The molecule has 128 valence electrons. The maximum Gasteiger partial charge on any atom is 0.230 e. The van der Waals surface area contributed by atoms with Crippen molar-refractivity contribution in [2.45, 2.75) is 25.7 Å². The largest absolute Gasteiger partial charge is 0.357 e. The van der Waals surface area contributed by atoms with E-state index in [2.05, 4.69) is 39.1 Å². The van der Waals surface area contributed by atoms with E-state index in [-0.39, 0.29) is 5.92 Å². The van der Waals surface area contributed by atoms with E-state index in [4.69, 9.17) is 16.1 Å². The lowest BCUT2D eigenvalue weighted by Gasteiger charge is -2.31. The summed E-state index contributed by atoms with van der Waals surface area (Å²) in [6, 6.07) is 11.7. The summed E-state index contributed by atoms with van der Waals surface area (Å²) in [4.78, 5) is 11.4. The quantitative estimate of drug-likeness (QED) is 0.694. The number of rotatable bonds is 3. The summed E-state index contributed by atoms with van der Waals surface area (Å²) in [6.07, 6.45) is 3.86. The summed E-state index contributed by atoms with van der Waals surface area (Å²) in [5.74, 6) is 2.58. The van der Waals surface area contributed by atoms with E-state index in [0.717, 1.165) is 37.3 Å². The first kappa shape index (κ1) is 16.1. The molecule has 3 aromatic rings. The standard InChI is InChI=1S/C19H19ClN4O/c1-13-6-7-17(21-12-13)24-10-8-14(9-11-24)19-22-18(23-25-19)15-4-2-3-5-16(15)20/h2-7,12,14H,8-11H2,1H3. The van der Waals surface area contributed by atoms with Gasteiger partial charge in [0.15, 0.2) is 0 Å². The Balaban J connectivity index is 1.45. The molecule has 0 unspecified atom stereocenters. The monoisotopic (exact) mass is 354 g/mol. The van der Waals surface area contributed by atoms with Crippen LogP contribution in [0.25, 0.3) is 11.4 Å². The third-order valence-electron chi connectivity index (χ3n) is 4.62. The lowest BCUT2D eigenvalue weighted by atomic mass is 9.96. The number of halogens is 1. The molecule has 2 aromatic heterocycles. The van der Waals surface area contributed by atoms with Crippen LogP contribution in [0, 0.1) is 6.92 Å². The first-order chi connectivity index (χ1) is 12.2. The Labute approximate surface area is 151 Å². The fourth-order valence-corrected chi connectivity index (χ4v) is 3.38. The molecule has 1 aromatic carbocycles. The molecule has 0 atom stereocenters. The number of anilines is 1. The average molecular weight is 355 g/mol. The summed E-state index contributed by atoms with van der Waals surface area (Å²) in [5, 5.41) is 4.75. The molecule has 1 fully saturated rings. The van der Waals surface area contributed by atoms with Crippen molar-refractivity contribution in [2.24, 2.45) is 0 Å². The second-order valence-electron chi connectivity index (χ2n) is 6.39. The van der Waals surface area contributed by atoms with Gasteiger partial charge in [0.2, 0.25) is 11.7 Å². The van der Waals surface area contributed by atoms with E-state index in [1.807, 2.05) is 30.5 Å². The van der Waals surface area contributed by atoms with Crippen LogP contribution in [0.15, 0.2) is 47.1 Å². The van der Waals surface area contributed by atoms with E-state index in [9.17, 15) is 0 Å². The Bertz CT molecular complexity index is 854. The normalized spacial score (nSPS) is 15.5. The third-order valence-corrected chi connectivity index (χ3v) is 4.95. The molecule has 1 saturated heterocycles. The van der Waals surface area contributed by atoms with Crippen LogP contribution in [0.3, 0.4) is 0 Å². The summed E-state index contributed by atoms with van der Waals surface area (Å²) in [6.45, 7) is 3.92. The van der Waals surface area contributed by atoms with Crippen LogP contribution >= 0.6 is 11.6 Å². The maximum atomic E-state index is 6.22. The predicted molar refractivity (Wildman–Crippen MR) is 97.9 cm³/mol. The molecular weight excluding hydrogens is 336 g/mol. The minimum absolute atomic E-state index is 0.283. The van der Waals surface area contributed by atoms with Crippen LogP contribution in [-0.4, -0.2) is 28.2 Å². The Morgan fingerprint density at radius 3 is 2.64 bits per heavy atom. The number of nitrogens with zero attached hydrogens (tertiary/aromatic N) is 4. The molecule has 1 aliphatic heterocycles. The van der Waals surface area contributed by atoms with E-state index >= 15 is 0 Å². The van der Waals surface area contributed by atoms with Crippen LogP contribution in [0.2, 0.25) is 5.02 Å². The van der Waals surface area contributed by atoms with Gasteiger partial charge in [-0.15, -0.1) is 0 Å². The van der Waals surface area contributed by atoms with Gasteiger partial charge >= 0.3 is 0 Å². The van der Waals surface area contributed by atoms with Gasteiger partial charge in [-0.25, -0.2) is 4.98 Å². The summed E-state index contributed by atoms with van der Waals surface area (Å²) >= 11 is 6.22. The van der Waals surface area contributed by atoms with Crippen molar-refractivity contribution in [1.82, 2.24) is 15.1 Å². The lowest BCUT2D eigenvalue weighted by molar-refractivity contribution is 0.329. The zero-order valence-corrected chi connectivity index (χ0v) is 14.8. The number of hydrogen-bond donors (Lipinski definition) is 0. The van der Waals surface area contributed by atoms with Gasteiger partial charge in [0.25, 0.3) is 0 Å². The molecule has 0 radical (unpaired) electrons. The molecule has 25 heavy (non-hydrogen) atoms. The van der Waals surface area contributed by atoms with Gasteiger partial charge in [0.1, 0.15) is 5.82 Å². The maximum absolute atomic E-state index is 6.22. The Morgan fingerprint density at radius 2 is 1.92 bits per heavy atom. The van der Waals surface area contributed by atoms with Crippen LogP contribution in [0.5, 0.6) is 0 Å². The van der Waals surface area contributed by atoms with Crippen LogP contribution in [0.1, 0.15) is 30.2 Å². The van der Waals surface area contributed by atoms with Gasteiger partial charge < -0.3 is 9.42 Å². The lowest BCUT2D eigenvalue weighted by Crippen LogP contribution is -2.33. The van der Waals surface area contributed by atoms with Crippen LogP contribution in [-0.2, 0) is 0 Å². The zero-order valence-electron chi connectivity index (χ0n) is 14.0. The fourth-order valence-electron chi connectivity index (χ4n) is 3.16. The number of aromatic nitrogens is 3. The van der Waals surface area contributed by atoms with Gasteiger partial charge in [0, 0.05) is 30.8 Å². The van der Waals surface area contributed by atoms with Gasteiger partial charge in [-0.2, -0.15) is 4.98 Å². The molecule has 6 heteroatoms. The molecular formula is C19H19ClN4O. The molecule has 4 rings (SSSR count). The van der Waals surface area contributed by atoms with Crippen LogP contribution < -0.4 is 4.90 Å². The van der Waals surface area contributed by atoms with Gasteiger partial charge in [-0.1, -0.05) is 35.0 Å². The number of aryl methyl sites for hydroxylation is 1. The van der Waals surface area contributed by atoms with Crippen molar-refractivity contribution >= 4 is 17.4 Å². The smallest absolute Gasteiger partial charge is 0.230 e. The van der Waals surface area contributed by atoms with Crippen LogP contribution in [0.4, 0.5) is 5.82 Å². The molecule has 0 amide bonds. The zero-order chi connectivity index (χ0) is 17.2. The first-order valence-electron chi connectivity index (χ1n) is 8.47. The van der Waals surface area contributed by atoms with Gasteiger partial charge in [-0.3, -0.25) is 0 Å². The molecule has 0 saturated carbocycles. The summed E-state index contributed by atoms with van der Waals surface area (Å²) < 4.78 is 5.52. The fraction of sp³-hybridized carbons (Fsp3) is 0.316. The molecule has 5 nitrogen and oxygen atoms in total. The van der Waals surface area contributed by atoms with Gasteiger partial charge in [-0.05, 0) is 43.5 Å². The number of piperidine rings is 1. The average Bonchev–Trinajstić information content (AvgIpc) is 3.13. The van der Waals surface area contributed by atoms with E-state index < -0.39 is 0 Å². The van der Waals surface area contributed by atoms with Crippen molar-refractivity contribution in [3.8, 4) is 11.4 Å². The summed E-state index contributed by atoms with van der Waals surface area (Å²) in [5.41, 5.74) is 1.98. The van der Waals surface area contributed by atoms with Crippen molar-refractivity contribution in [3.05, 3.63) is 59.1 Å².